The molecule has 0 spiro atoms. The minimum absolute atomic E-state index is 0.0848. The highest BCUT2D eigenvalue weighted by Crippen LogP contribution is 2.45. The Labute approximate surface area is 503 Å². The minimum atomic E-state index is -4.95. The summed E-state index contributed by atoms with van der Waals surface area (Å²) >= 11 is 0. The number of carbonyl (C=O) groups is 4. The fourth-order valence-corrected chi connectivity index (χ4v) is 10.6. The highest BCUT2D eigenvalue weighted by Gasteiger charge is 2.30. The molecule has 0 bridgehead atoms. The van der Waals surface area contributed by atoms with Crippen LogP contribution in [0.4, 0.5) is 0 Å². The number of hydrogen-bond acceptors (Lipinski definition) is 15. The number of allylic oxidation sites excluding steroid dienone is 4. The molecule has 0 fully saturated rings. The van der Waals surface area contributed by atoms with Crippen molar-refractivity contribution in [3.8, 4) is 0 Å². The Hall–Kier alpha value is -2.46. The topological polar surface area (TPSA) is 237 Å². The van der Waals surface area contributed by atoms with Crippen molar-refractivity contribution in [2.75, 3.05) is 39.6 Å². The van der Waals surface area contributed by atoms with Gasteiger partial charge in [0.15, 0.2) is 12.2 Å². The Morgan fingerprint density at radius 2 is 0.651 bits per heavy atom. The fourth-order valence-electron chi connectivity index (χ4n) is 9.04. The molecular weight excluding hydrogens is 1100 g/mol. The lowest BCUT2D eigenvalue weighted by Crippen LogP contribution is -2.30. The smallest absolute Gasteiger partial charge is 0.462 e. The molecule has 3 N–H and O–H groups in total. The number of phosphoric acid groups is 2. The average Bonchev–Trinajstić information content (AvgIpc) is 3.46. The molecule has 0 radical (unpaired) electrons. The first-order valence-corrected chi connectivity index (χ1v) is 35.9. The van der Waals surface area contributed by atoms with E-state index in [2.05, 4.69) is 58.9 Å². The summed E-state index contributed by atoms with van der Waals surface area (Å²) < 4.78 is 67.7. The molecule has 83 heavy (non-hydrogen) atoms. The SMILES string of the molecule is CCCCCC/C=C\C=C/CCCCCCCC(=O)O[C@H](COC(=O)CCCCCCCCCCCCCC(C)C)COP(=O)(O)OC[C@@H](O)COP(=O)(O)OC[C@@H](COC(=O)CCCCCCC)OC(=O)CCCCCCCCCCC. The van der Waals surface area contributed by atoms with Gasteiger partial charge >= 0.3 is 39.5 Å². The number of ether oxygens (including phenoxy) is 4. The van der Waals surface area contributed by atoms with Gasteiger partial charge < -0.3 is 33.8 Å². The molecule has 0 aliphatic rings. The highest BCUT2D eigenvalue weighted by atomic mass is 31.2. The van der Waals surface area contributed by atoms with Crippen LogP contribution in [0.1, 0.15) is 298 Å². The van der Waals surface area contributed by atoms with E-state index >= 15 is 0 Å². The van der Waals surface area contributed by atoms with Crippen LogP contribution in [0.25, 0.3) is 0 Å². The lowest BCUT2D eigenvalue weighted by molar-refractivity contribution is -0.161. The number of rotatable bonds is 62. The Morgan fingerprint density at radius 1 is 0.373 bits per heavy atom. The van der Waals surface area contributed by atoms with Crippen LogP contribution in [-0.4, -0.2) is 96.7 Å². The molecule has 2 unspecified atom stereocenters. The molecule has 0 rings (SSSR count). The van der Waals surface area contributed by atoms with Crippen LogP contribution in [0.3, 0.4) is 0 Å². The summed E-state index contributed by atoms with van der Waals surface area (Å²) in [5.41, 5.74) is 0. The standard InChI is InChI=1S/C64H120O17P2/c1-6-9-12-15-17-19-20-21-22-23-26-31-35-40-45-50-64(69)81-60(54-75-62(67)48-43-38-33-30-27-24-25-29-32-37-41-46-57(4)5)56-79-83(72,73)77-52-58(65)51-76-82(70,71)78-55-59(53-74-61(66)47-42-36-14-11-8-3)80-63(68)49-44-39-34-28-18-16-13-10-7-2/h19-22,57-60,65H,6-18,23-56H2,1-5H3,(H,70,71)(H,72,73)/b20-19-,22-21-/t58-,59+,60+/m0/s1. The Bertz CT molecular complexity index is 1710. The number of carbonyl (C=O) groups excluding carboxylic acids is 4. The van der Waals surface area contributed by atoms with Crippen LogP contribution in [-0.2, 0) is 65.4 Å². The normalized spacial score (nSPS) is 14.4. The van der Waals surface area contributed by atoms with Crippen molar-refractivity contribution in [1.29, 1.82) is 0 Å². The van der Waals surface area contributed by atoms with Crippen molar-refractivity contribution in [3.05, 3.63) is 24.3 Å². The van der Waals surface area contributed by atoms with Crippen molar-refractivity contribution in [3.63, 3.8) is 0 Å². The van der Waals surface area contributed by atoms with Gasteiger partial charge in [0.1, 0.15) is 19.3 Å². The summed E-state index contributed by atoms with van der Waals surface area (Å²) in [4.78, 5) is 71.9. The molecule has 0 aromatic carbocycles. The molecule has 17 nitrogen and oxygen atoms in total. The van der Waals surface area contributed by atoms with Gasteiger partial charge in [0.2, 0.25) is 0 Å². The van der Waals surface area contributed by atoms with Gasteiger partial charge in [-0.2, -0.15) is 0 Å². The second-order valence-electron chi connectivity index (χ2n) is 22.9. The number of aliphatic hydroxyl groups is 1. The first-order valence-electron chi connectivity index (χ1n) is 33.0. The van der Waals surface area contributed by atoms with E-state index in [9.17, 15) is 43.2 Å². The Morgan fingerprint density at radius 3 is 0.988 bits per heavy atom. The van der Waals surface area contributed by atoms with Gasteiger partial charge in [0.25, 0.3) is 0 Å². The van der Waals surface area contributed by atoms with Gasteiger partial charge in [-0.3, -0.25) is 37.3 Å². The summed E-state index contributed by atoms with van der Waals surface area (Å²) in [6, 6.07) is 0. The van der Waals surface area contributed by atoms with Gasteiger partial charge in [-0.15, -0.1) is 0 Å². The molecule has 0 heterocycles. The number of unbranched alkanes of at least 4 members (excludes halogenated alkanes) is 31. The molecule has 0 aliphatic heterocycles. The van der Waals surface area contributed by atoms with Gasteiger partial charge in [-0.1, -0.05) is 245 Å². The maximum Gasteiger partial charge on any atom is 0.472 e. The van der Waals surface area contributed by atoms with E-state index < -0.39 is 97.5 Å². The summed E-state index contributed by atoms with van der Waals surface area (Å²) in [5, 5.41) is 10.5. The maximum absolute atomic E-state index is 13.0. The van der Waals surface area contributed by atoms with E-state index in [0.29, 0.717) is 25.7 Å². The van der Waals surface area contributed by atoms with Crippen molar-refractivity contribution in [1.82, 2.24) is 0 Å². The van der Waals surface area contributed by atoms with Crippen LogP contribution < -0.4 is 0 Å². The molecule has 488 valence electrons. The van der Waals surface area contributed by atoms with Crippen molar-refractivity contribution in [2.24, 2.45) is 5.92 Å². The number of esters is 4. The Kier molecular flexibility index (Phi) is 55.6. The zero-order chi connectivity index (χ0) is 61.3. The zero-order valence-electron chi connectivity index (χ0n) is 52.8. The highest BCUT2D eigenvalue weighted by molar-refractivity contribution is 7.47. The lowest BCUT2D eigenvalue weighted by atomic mass is 10.0. The first-order chi connectivity index (χ1) is 40.0. The largest absolute Gasteiger partial charge is 0.472 e. The van der Waals surface area contributed by atoms with E-state index in [1.165, 1.54) is 103 Å². The van der Waals surface area contributed by atoms with Gasteiger partial charge in [0, 0.05) is 25.7 Å². The predicted molar refractivity (Wildman–Crippen MR) is 331 cm³/mol. The summed E-state index contributed by atoms with van der Waals surface area (Å²) in [7, 11) is -9.89. The molecule has 0 aromatic heterocycles. The first kappa shape index (κ1) is 80.5. The van der Waals surface area contributed by atoms with Crippen LogP contribution in [0, 0.1) is 5.92 Å². The second kappa shape index (κ2) is 57.3. The fraction of sp³-hybridized carbons (Fsp3) is 0.875. The third-order valence-electron chi connectivity index (χ3n) is 14.2. The molecule has 0 aromatic rings. The average molecular weight is 1220 g/mol. The van der Waals surface area contributed by atoms with E-state index in [1.54, 1.807) is 0 Å². The van der Waals surface area contributed by atoms with E-state index in [-0.39, 0.29) is 25.7 Å². The van der Waals surface area contributed by atoms with Crippen LogP contribution in [0.2, 0.25) is 0 Å². The van der Waals surface area contributed by atoms with Crippen molar-refractivity contribution < 1.29 is 80.2 Å². The zero-order valence-corrected chi connectivity index (χ0v) is 54.6. The molecule has 5 atom stereocenters. The van der Waals surface area contributed by atoms with Crippen molar-refractivity contribution >= 4 is 39.5 Å². The monoisotopic (exact) mass is 1220 g/mol. The quantitative estimate of drug-likeness (QED) is 0.0169. The predicted octanol–water partition coefficient (Wildman–Crippen LogP) is 17.3. The molecule has 0 saturated carbocycles. The number of phosphoric ester groups is 2. The molecule has 0 amide bonds. The maximum atomic E-state index is 13.0. The second-order valence-corrected chi connectivity index (χ2v) is 25.8. The van der Waals surface area contributed by atoms with E-state index in [0.717, 1.165) is 115 Å². The molecule has 0 saturated heterocycles. The third kappa shape index (κ3) is 58.3. The van der Waals surface area contributed by atoms with E-state index in [4.69, 9.17) is 37.0 Å². The van der Waals surface area contributed by atoms with E-state index in [1.807, 2.05) is 0 Å². The third-order valence-corrected chi connectivity index (χ3v) is 16.1. The molecule has 19 heteroatoms. The van der Waals surface area contributed by atoms with Crippen LogP contribution in [0.5, 0.6) is 0 Å². The van der Waals surface area contributed by atoms with Crippen molar-refractivity contribution in [2.45, 2.75) is 316 Å². The minimum Gasteiger partial charge on any atom is -0.462 e. The van der Waals surface area contributed by atoms with Gasteiger partial charge in [0.05, 0.1) is 26.4 Å². The summed E-state index contributed by atoms with van der Waals surface area (Å²) in [5.74, 6) is -1.41. The molecular formula is C64H120O17P2. The summed E-state index contributed by atoms with van der Waals surface area (Å²) in [6.07, 6.45) is 44.3. The Balaban J connectivity index is 5.21. The lowest BCUT2D eigenvalue weighted by Gasteiger charge is -2.21. The van der Waals surface area contributed by atoms with Crippen LogP contribution >= 0.6 is 15.6 Å². The van der Waals surface area contributed by atoms with Crippen LogP contribution in [0.15, 0.2) is 24.3 Å². The summed E-state index contributed by atoms with van der Waals surface area (Å²) in [6.45, 7) is 7.03. The number of hydrogen-bond donors (Lipinski definition) is 3. The molecule has 0 aliphatic carbocycles. The number of aliphatic hydroxyl groups excluding tert-OH is 1. The van der Waals surface area contributed by atoms with Gasteiger partial charge in [-0.25, -0.2) is 9.13 Å². The van der Waals surface area contributed by atoms with Gasteiger partial charge in [-0.05, 0) is 57.3 Å².